The zero-order valence-electron chi connectivity index (χ0n) is 17.7. The highest BCUT2D eigenvalue weighted by atomic mass is 35.6. The largest absolute Gasteiger partial charge is 0.462 e. The maximum atomic E-state index is 12.6. The number of carbonyl (C=O) groups is 3. The van der Waals surface area contributed by atoms with Crippen molar-refractivity contribution in [3.05, 3.63) is 51.9 Å². The molecule has 7 nitrogen and oxygen atoms in total. The molecule has 0 unspecified atom stereocenters. The first-order valence-corrected chi connectivity index (χ1v) is 11.7. The van der Waals surface area contributed by atoms with Crippen molar-refractivity contribution >= 4 is 69.0 Å². The minimum absolute atomic E-state index is 0.0576. The van der Waals surface area contributed by atoms with E-state index in [1.807, 2.05) is 18.2 Å². The molecule has 11 heteroatoms. The summed E-state index contributed by atoms with van der Waals surface area (Å²) < 4.78 is 8.21. The van der Waals surface area contributed by atoms with Crippen LogP contribution in [0.1, 0.15) is 45.0 Å². The topological polar surface area (TPSA) is 93.7 Å². The summed E-state index contributed by atoms with van der Waals surface area (Å²) in [4.78, 5) is 37.7. The number of halogens is 3. The van der Waals surface area contributed by atoms with Crippen molar-refractivity contribution in [2.45, 2.75) is 37.2 Å². The quantitative estimate of drug-likeness (QED) is 0.278. The van der Waals surface area contributed by atoms with Crippen LogP contribution in [-0.4, -0.2) is 41.0 Å². The van der Waals surface area contributed by atoms with E-state index in [4.69, 9.17) is 44.3 Å². The lowest BCUT2D eigenvalue weighted by Crippen LogP contribution is -2.49. The van der Waals surface area contributed by atoms with E-state index < -0.39 is 27.8 Å². The Morgan fingerprint density at radius 3 is 2.19 bits per heavy atom. The average molecular weight is 522 g/mol. The van der Waals surface area contributed by atoms with Gasteiger partial charge in [-0.25, -0.2) is 9.59 Å². The number of hydrogen-bond donors (Lipinski definition) is 2. The Morgan fingerprint density at radius 2 is 1.62 bits per heavy atom. The summed E-state index contributed by atoms with van der Waals surface area (Å²) in [6, 6.07) is 9.05. The number of anilines is 1. The average Bonchev–Trinajstić information content (AvgIpc) is 3.04. The lowest BCUT2D eigenvalue weighted by Gasteiger charge is -2.27. The fourth-order valence-electron chi connectivity index (χ4n) is 2.78. The number of nitrogens with one attached hydrogen (secondary N) is 2. The normalized spacial score (nSPS) is 12.1. The highest BCUT2D eigenvalue weighted by Crippen LogP contribution is 2.38. The van der Waals surface area contributed by atoms with Gasteiger partial charge in [0.15, 0.2) is 0 Å². The van der Waals surface area contributed by atoms with Gasteiger partial charge in [0.25, 0.3) is 0 Å². The van der Waals surface area contributed by atoms with Gasteiger partial charge in [-0.05, 0) is 31.9 Å². The van der Waals surface area contributed by atoms with E-state index in [0.717, 1.165) is 16.9 Å². The van der Waals surface area contributed by atoms with Gasteiger partial charge in [-0.3, -0.25) is 4.79 Å². The van der Waals surface area contributed by atoms with Crippen LogP contribution < -0.4 is 10.6 Å². The van der Waals surface area contributed by atoms with Crippen LogP contribution in [0.3, 0.4) is 0 Å². The first-order valence-electron chi connectivity index (χ1n) is 9.72. The number of esters is 2. The molecule has 1 aromatic carbocycles. The van der Waals surface area contributed by atoms with Crippen LogP contribution in [0.2, 0.25) is 0 Å². The Kier molecular flexibility index (Phi) is 9.64. The maximum absolute atomic E-state index is 12.6. The molecule has 0 aliphatic carbocycles. The molecule has 174 valence electrons. The van der Waals surface area contributed by atoms with Crippen LogP contribution >= 0.6 is 46.1 Å². The zero-order valence-corrected chi connectivity index (χ0v) is 20.8. The van der Waals surface area contributed by atoms with E-state index in [0.29, 0.717) is 5.56 Å². The molecule has 0 radical (unpaired) electrons. The fourth-order valence-corrected chi connectivity index (χ4v) is 4.22. The van der Waals surface area contributed by atoms with Crippen LogP contribution in [0.4, 0.5) is 5.00 Å². The van der Waals surface area contributed by atoms with Gasteiger partial charge in [0.2, 0.25) is 9.70 Å². The second-order valence-electron chi connectivity index (χ2n) is 6.55. The van der Waals surface area contributed by atoms with Crippen LogP contribution in [-0.2, 0) is 20.7 Å². The molecule has 0 spiro atoms. The van der Waals surface area contributed by atoms with Crippen molar-refractivity contribution < 1.29 is 23.9 Å². The van der Waals surface area contributed by atoms with Crippen molar-refractivity contribution in [3.8, 4) is 0 Å². The Bertz CT molecular complexity index is 960. The number of hydrogen-bond acceptors (Lipinski definition) is 7. The third-order valence-electron chi connectivity index (χ3n) is 4.20. The van der Waals surface area contributed by atoms with Crippen LogP contribution in [0.5, 0.6) is 0 Å². The first kappa shape index (κ1) is 26.3. The van der Waals surface area contributed by atoms with E-state index in [1.54, 1.807) is 32.9 Å². The molecule has 0 aliphatic heterocycles. The molecular weight excluding hydrogens is 499 g/mol. The van der Waals surface area contributed by atoms with Crippen molar-refractivity contribution in [2.75, 3.05) is 18.5 Å². The van der Waals surface area contributed by atoms with E-state index in [-0.39, 0.29) is 35.1 Å². The molecule has 1 amide bonds. The standard InChI is InChI=1S/C21H23Cl3N2O5S/c1-4-30-18(28)15-12(3)16(19(29)31-5-2)32-17(15)26-20(21(22,23)24)25-14(27)11-13-9-7-6-8-10-13/h6-10,20,26H,4-5,11H2,1-3H3,(H,25,27)/t20-/m1/s1. The summed E-state index contributed by atoms with van der Waals surface area (Å²) >= 11 is 19.2. The van der Waals surface area contributed by atoms with Crippen molar-refractivity contribution in [1.29, 1.82) is 0 Å². The highest BCUT2D eigenvalue weighted by Gasteiger charge is 2.36. The van der Waals surface area contributed by atoms with Crippen LogP contribution in [0.15, 0.2) is 30.3 Å². The van der Waals surface area contributed by atoms with Gasteiger partial charge in [-0.15, -0.1) is 11.3 Å². The third kappa shape index (κ3) is 7.00. The molecular formula is C21H23Cl3N2O5S. The number of thiophene rings is 1. The Hall–Kier alpha value is -2.00. The second-order valence-corrected chi connectivity index (χ2v) is 9.94. The summed E-state index contributed by atoms with van der Waals surface area (Å²) in [5, 5.41) is 5.72. The summed E-state index contributed by atoms with van der Waals surface area (Å²) in [7, 11) is 0. The molecule has 0 fully saturated rings. The van der Waals surface area contributed by atoms with Crippen LogP contribution in [0.25, 0.3) is 0 Å². The maximum Gasteiger partial charge on any atom is 0.348 e. The highest BCUT2D eigenvalue weighted by molar-refractivity contribution is 7.18. The Labute approximate surface area is 205 Å². The number of alkyl halides is 3. The van der Waals surface area contributed by atoms with Crippen LogP contribution in [0, 0.1) is 6.92 Å². The molecule has 0 saturated heterocycles. The summed E-state index contributed by atoms with van der Waals surface area (Å²) in [6.07, 6.45) is -1.15. The first-order chi connectivity index (χ1) is 15.1. The van der Waals surface area contributed by atoms with Gasteiger partial charge in [-0.2, -0.15) is 0 Å². The predicted molar refractivity (Wildman–Crippen MR) is 127 cm³/mol. The van der Waals surface area contributed by atoms with Gasteiger partial charge < -0.3 is 20.1 Å². The minimum Gasteiger partial charge on any atom is -0.462 e. The summed E-state index contributed by atoms with van der Waals surface area (Å²) in [5.41, 5.74) is 1.25. The molecule has 0 aliphatic rings. The van der Waals surface area contributed by atoms with Crippen molar-refractivity contribution in [1.82, 2.24) is 5.32 Å². The van der Waals surface area contributed by atoms with Gasteiger partial charge >= 0.3 is 11.9 Å². The molecule has 1 aromatic heterocycles. The van der Waals surface area contributed by atoms with Gasteiger partial charge in [0, 0.05) is 0 Å². The molecule has 0 bridgehead atoms. The number of carbonyl (C=O) groups excluding carboxylic acids is 3. The minimum atomic E-state index is -1.97. The number of rotatable bonds is 9. The van der Waals surface area contributed by atoms with Gasteiger partial charge in [0.1, 0.15) is 16.0 Å². The van der Waals surface area contributed by atoms with Crippen molar-refractivity contribution in [2.24, 2.45) is 0 Å². The SMILES string of the molecule is CCOC(=O)c1sc(N[C@@H](NC(=O)Cc2ccccc2)C(Cl)(Cl)Cl)c(C(=O)OCC)c1C. The van der Waals surface area contributed by atoms with E-state index >= 15 is 0 Å². The van der Waals surface area contributed by atoms with Gasteiger partial charge in [-0.1, -0.05) is 65.1 Å². The molecule has 0 saturated carbocycles. The van der Waals surface area contributed by atoms with E-state index in [9.17, 15) is 14.4 Å². The Balaban J connectivity index is 2.35. The van der Waals surface area contributed by atoms with Crippen molar-refractivity contribution in [3.63, 3.8) is 0 Å². The molecule has 2 aromatic rings. The molecule has 32 heavy (non-hydrogen) atoms. The second kappa shape index (κ2) is 11.7. The van der Waals surface area contributed by atoms with E-state index in [2.05, 4.69) is 10.6 Å². The number of benzene rings is 1. The molecule has 2 N–H and O–H groups in total. The lowest BCUT2D eigenvalue weighted by atomic mass is 10.1. The predicted octanol–water partition coefficient (Wildman–Crippen LogP) is 4.88. The molecule has 1 atom stereocenters. The monoisotopic (exact) mass is 520 g/mol. The fraction of sp³-hybridized carbons (Fsp3) is 0.381. The summed E-state index contributed by atoms with van der Waals surface area (Å²) in [6.45, 7) is 5.22. The summed E-state index contributed by atoms with van der Waals surface area (Å²) in [5.74, 6) is -1.65. The zero-order chi connectivity index (χ0) is 23.9. The van der Waals surface area contributed by atoms with E-state index in [1.165, 1.54) is 0 Å². The lowest BCUT2D eigenvalue weighted by molar-refractivity contribution is -0.120. The van der Waals surface area contributed by atoms with Gasteiger partial charge in [0.05, 0.1) is 25.2 Å². The smallest absolute Gasteiger partial charge is 0.348 e. The third-order valence-corrected chi connectivity index (χ3v) is 6.06. The number of amides is 1. The molecule has 1 heterocycles. The Morgan fingerprint density at radius 1 is 1.03 bits per heavy atom. The number of ether oxygens (including phenoxy) is 2. The molecule has 2 rings (SSSR count).